The second kappa shape index (κ2) is 6.88. The third-order valence-corrected chi connectivity index (χ3v) is 5.50. The Morgan fingerprint density at radius 2 is 1.96 bits per heavy atom. The number of nitrogens with zero attached hydrogens (tertiary/aromatic N) is 1. The number of sulfone groups is 1. The summed E-state index contributed by atoms with van der Waals surface area (Å²) in [5.74, 6) is -0.218. The van der Waals surface area contributed by atoms with Gasteiger partial charge in [-0.1, -0.05) is 29.8 Å². The van der Waals surface area contributed by atoms with Gasteiger partial charge in [-0.05, 0) is 43.5 Å². The van der Waals surface area contributed by atoms with Crippen molar-refractivity contribution in [1.82, 2.24) is 0 Å². The molecule has 1 amide bonds. The van der Waals surface area contributed by atoms with Crippen LogP contribution in [0.4, 0.5) is 11.4 Å². The number of rotatable bonds is 4. The molecule has 5 nitrogen and oxygen atoms in total. The molecule has 3 rings (SSSR count). The highest BCUT2D eigenvalue weighted by atomic mass is 32.2. The summed E-state index contributed by atoms with van der Waals surface area (Å²) in [6, 6.07) is 12.7. The van der Waals surface area contributed by atoms with Crippen LogP contribution in [-0.2, 0) is 21.1 Å². The lowest BCUT2D eigenvalue weighted by atomic mass is 9.99. The second-order valence-electron chi connectivity index (χ2n) is 6.47. The van der Waals surface area contributed by atoms with E-state index in [2.05, 4.69) is 29.3 Å². The van der Waals surface area contributed by atoms with E-state index in [9.17, 15) is 13.2 Å². The summed E-state index contributed by atoms with van der Waals surface area (Å²) in [7, 11) is -3.39. The Bertz CT molecular complexity index is 907. The molecule has 0 unspecified atom stereocenters. The van der Waals surface area contributed by atoms with Crippen LogP contribution in [0.1, 0.15) is 17.5 Å². The fourth-order valence-electron chi connectivity index (χ4n) is 3.22. The minimum atomic E-state index is -3.39. The largest absolute Gasteiger partial charge is 0.362 e. The fourth-order valence-corrected chi connectivity index (χ4v) is 4.07. The predicted molar refractivity (Wildman–Crippen MR) is 99.9 cm³/mol. The molecule has 0 saturated carbocycles. The molecule has 0 bridgehead atoms. The van der Waals surface area contributed by atoms with Gasteiger partial charge in [-0.25, -0.2) is 8.42 Å². The molecule has 0 aliphatic carbocycles. The number of carbonyl (C=O) groups is 1. The van der Waals surface area contributed by atoms with Crippen LogP contribution in [0.15, 0.2) is 47.4 Å². The van der Waals surface area contributed by atoms with E-state index in [1.165, 1.54) is 17.2 Å². The van der Waals surface area contributed by atoms with Gasteiger partial charge in [0.05, 0.1) is 17.1 Å². The summed E-state index contributed by atoms with van der Waals surface area (Å²) in [6.45, 7) is 3.08. The lowest BCUT2D eigenvalue weighted by Gasteiger charge is -2.31. The Balaban J connectivity index is 1.77. The zero-order valence-corrected chi connectivity index (χ0v) is 15.3. The van der Waals surface area contributed by atoms with Crippen molar-refractivity contribution < 1.29 is 13.2 Å². The van der Waals surface area contributed by atoms with Gasteiger partial charge >= 0.3 is 0 Å². The van der Waals surface area contributed by atoms with Crippen LogP contribution in [0, 0.1) is 6.92 Å². The van der Waals surface area contributed by atoms with Gasteiger partial charge in [0.15, 0.2) is 9.84 Å². The number of anilines is 2. The zero-order valence-electron chi connectivity index (χ0n) is 14.5. The molecule has 25 heavy (non-hydrogen) atoms. The molecule has 1 aliphatic rings. The number of amides is 1. The highest BCUT2D eigenvalue weighted by molar-refractivity contribution is 7.90. The summed E-state index contributed by atoms with van der Waals surface area (Å²) in [4.78, 5) is 14.7. The molecule has 1 N–H and O–H groups in total. The van der Waals surface area contributed by atoms with Crippen LogP contribution in [0.2, 0.25) is 0 Å². The smallest absolute Gasteiger partial charge is 0.243 e. The molecule has 6 heteroatoms. The summed E-state index contributed by atoms with van der Waals surface area (Å²) >= 11 is 0. The minimum Gasteiger partial charge on any atom is -0.362 e. The van der Waals surface area contributed by atoms with Crippen molar-refractivity contribution in [3.05, 3.63) is 53.6 Å². The minimum absolute atomic E-state index is 0.137. The van der Waals surface area contributed by atoms with E-state index in [1.54, 1.807) is 18.2 Å². The van der Waals surface area contributed by atoms with Crippen molar-refractivity contribution in [2.75, 3.05) is 29.6 Å². The Morgan fingerprint density at radius 3 is 2.72 bits per heavy atom. The van der Waals surface area contributed by atoms with E-state index in [-0.39, 0.29) is 17.3 Å². The molecule has 2 aromatic carbocycles. The van der Waals surface area contributed by atoms with E-state index in [0.717, 1.165) is 31.3 Å². The second-order valence-corrected chi connectivity index (χ2v) is 8.46. The molecular weight excluding hydrogens is 336 g/mol. The van der Waals surface area contributed by atoms with E-state index >= 15 is 0 Å². The molecule has 0 fully saturated rings. The Labute approximate surface area is 148 Å². The number of hydrogen-bond donors (Lipinski definition) is 1. The monoisotopic (exact) mass is 358 g/mol. The SMILES string of the molecule is Cc1ccc2c(c1)CCCN2CC(=O)Nc1ccccc1S(C)(=O)=O. The van der Waals surface area contributed by atoms with Gasteiger partial charge in [-0.3, -0.25) is 4.79 Å². The number of nitrogens with one attached hydrogen (secondary N) is 1. The predicted octanol–water partition coefficient (Wildman–Crippen LogP) is 2.79. The van der Waals surface area contributed by atoms with Crippen LogP contribution < -0.4 is 10.2 Å². The molecule has 2 aromatic rings. The maximum Gasteiger partial charge on any atom is 0.243 e. The van der Waals surface area contributed by atoms with Crippen molar-refractivity contribution in [2.24, 2.45) is 0 Å². The van der Waals surface area contributed by atoms with E-state index in [0.29, 0.717) is 5.69 Å². The number of benzene rings is 2. The van der Waals surface area contributed by atoms with Crippen molar-refractivity contribution in [1.29, 1.82) is 0 Å². The molecule has 0 saturated heterocycles. The van der Waals surface area contributed by atoms with Crippen molar-refractivity contribution in [3.8, 4) is 0 Å². The number of aryl methyl sites for hydroxylation is 2. The molecule has 132 valence electrons. The number of hydrogen-bond acceptors (Lipinski definition) is 4. The van der Waals surface area contributed by atoms with Crippen molar-refractivity contribution in [3.63, 3.8) is 0 Å². The third-order valence-electron chi connectivity index (χ3n) is 4.34. The number of fused-ring (bicyclic) bond motifs is 1. The number of para-hydroxylation sites is 1. The topological polar surface area (TPSA) is 66.5 Å². The van der Waals surface area contributed by atoms with Crippen LogP contribution in [-0.4, -0.2) is 33.7 Å². The van der Waals surface area contributed by atoms with E-state index in [4.69, 9.17) is 0 Å². The fraction of sp³-hybridized carbons (Fsp3) is 0.316. The van der Waals surface area contributed by atoms with Gasteiger partial charge in [-0.2, -0.15) is 0 Å². The van der Waals surface area contributed by atoms with Gasteiger partial charge < -0.3 is 10.2 Å². The normalized spacial score (nSPS) is 14.1. The first kappa shape index (κ1) is 17.5. The highest BCUT2D eigenvalue weighted by Gasteiger charge is 2.20. The van der Waals surface area contributed by atoms with Gasteiger partial charge in [-0.15, -0.1) is 0 Å². The van der Waals surface area contributed by atoms with Gasteiger partial charge in [0.2, 0.25) is 5.91 Å². The van der Waals surface area contributed by atoms with Crippen LogP contribution in [0.25, 0.3) is 0 Å². The first-order valence-electron chi connectivity index (χ1n) is 8.28. The molecule has 0 aromatic heterocycles. The standard InChI is InChI=1S/C19H22N2O3S/c1-14-9-10-17-15(12-14)6-5-11-21(17)13-19(22)20-16-7-3-4-8-18(16)25(2,23)24/h3-4,7-10,12H,5-6,11,13H2,1-2H3,(H,20,22). The maximum atomic E-state index is 12.5. The number of carbonyl (C=O) groups excluding carboxylic acids is 1. The lowest BCUT2D eigenvalue weighted by molar-refractivity contribution is -0.115. The molecule has 0 atom stereocenters. The first-order chi connectivity index (χ1) is 11.8. The van der Waals surface area contributed by atoms with Crippen LogP contribution in [0.3, 0.4) is 0 Å². The molecule has 1 aliphatic heterocycles. The van der Waals surface area contributed by atoms with Gasteiger partial charge in [0, 0.05) is 18.5 Å². The van der Waals surface area contributed by atoms with Gasteiger partial charge in [0.25, 0.3) is 0 Å². The lowest BCUT2D eigenvalue weighted by Crippen LogP contribution is -2.37. The quantitative estimate of drug-likeness (QED) is 0.913. The molecule has 0 radical (unpaired) electrons. The highest BCUT2D eigenvalue weighted by Crippen LogP contribution is 2.28. The Morgan fingerprint density at radius 1 is 1.20 bits per heavy atom. The van der Waals surface area contributed by atoms with Gasteiger partial charge in [0.1, 0.15) is 0 Å². The average Bonchev–Trinajstić information content (AvgIpc) is 2.54. The van der Waals surface area contributed by atoms with E-state index < -0.39 is 9.84 Å². The van der Waals surface area contributed by atoms with E-state index in [1.807, 2.05) is 6.07 Å². The molecular formula is C19H22N2O3S. The summed E-state index contributed by atoms with van der Waals surface area (Å²) in [6.07, 6.45) is 3.16. The van der Waals surface area contributed by atoms with Crippen molar-refractivity contribution in [2.45, 2.75) is 24.7 Å². The summed E-state index contributed by atoms with van der Waals surface area (Å²) in [5, 5.41) is 2.75. The third kappa shape index (κ3) is 4.02. The van der Waals surface area contributed by atoms with Crippen molar-refractivity contribution >= 4 is 27.1 Å². The van der Waals surface area contributed by atoms with Crippen LogP contribution >= 0.6 is 0 Å². The zero-order chi connectivity index (χ0) is 18.0. The summed E-state index contributed by atoms with van der Waals surface area (Å²) in [5.41, 5.74) is 3.89. The molecule has 1 heterocycles. The Kier molecular flexibility index (Phi) is 4.81. The average molecular weight is 358 g/mol. The maximum absolute atomic E-state index is 12.5. The van der Waals surface area contributed by atoms with Crippen LogP contribution in [0.5, 0.6) is 0 Å². The first-order valence-corrected chi connectivity index (χ1v) is 10.2. The molecule has 0 spiro atoms. The Hall–Kier alpha value is -2.34. The summed E-state index contributed by atoms with van der Waals surface area (Å²) < 4.78 is 23.7.